The Hall–Kier alpha value is -0.193. The van der Waals surface area contributed by atoms with Crippen LogP contribution in [0.25, 0.3) is 0 Å². The third-order valence-electron chi connectivity index (χ3n) is 2.73. The van der Waals surface area contributed by atoms with Gasteiger partial charge < -0.3 is 9.47 Å². The van der Waals surface area contributed by atoms with Crippen LogP contribution in [0.5, 0.6) is 0 Å². The second-order valence-electron chi connectivity index (χ2n) is 7.41. The zero-order valence-corrected chi connectivity index (χ0v) is 17.2. The van der Waals surface area contributed by atoms with Crippen LogP contribution < -0.4 is 4.72 Å². The molecule has 0 aromatic carbocycles. The van der Waals surface area contributed by atoms with E-state index in [1.165, 1.54) is 0 Å². The average Bonchev–Trinajstić information content (AvgIpc) is 2.36. The Labute approximate surface area is 140 Å². The van der Waals surface area contributed by atoms with E-state index >= 15 is 0 Å². The van der Waals surface area contributed by atoms with E-state index in [-0.39, 0.29) is 23.7 Å². The molecule has 0 spiro atoms. The Bertz CT molecular complexity index is 404. The largest absolute Gasteiger partial charge is 0.359 e. The summed E-state index contributed by atoms with van der Waals surface area (Å²) >= 11 is 0. The molecule has 3 atom stereocenters. The van der Waals surface area contributed by atoms with Crippen LogP contribution in [-0.4, -0.2) is 43.1 Å². The van der Waals surface area contributed by atoms with Crippen molar-refractivity contribution in [2.24, 2.45) is 0 Å². The number of nitrogens with one attached hydrogen (secondary N) is 1. The van der Waals surface area contributed by atoms with Crippen LogP contribution in [0.15, 0.2) is 0 Å². The zero-order valence-electron chi connectivity index (χ0n) is 15.4. The van der Waals surface area contributed by atoms with Crippen molar-refractivity contribution >= 4 is 19.1 Å². The lowest BCUT2D eigenvalue weighted by Crippen LogP contribution is -2.46. The molecule has 0 amide bonds. The molecule has 0 fully saturated rings. The summed E-state index contributed by atoms with van der Waals surface area (Å²) in [5.74, 6) is 3.25. The van der Waals surface area contributed by atoms with E-state index in [1.807, 2.05) is 20.8 Å². The normalized spacial score (nSPS) is 16.5. The first-order valence-corrected chi connectivity index (χ1v) is 12.5. The topological polar surface area (TPSA) is 47.6 Å². The number of methoxy groups -OCH3 is 1. The third-order valence-corrected chi connectivity index (χ3v) is 5.26. The van der Waals surface area contributed by atoms with Gasteiger partial charge in [-0.2, -0.15) is 0 Å². The lowest BCUT2D eigenvalue weighted by molar-refractivity contribution is -0.0612. The first-order chi connectivity index (χ1) is 10.0. The van der Waals surface area contributed by atoms with Crippen molar-refractivity contribution in [1.29, 1.82) is 0 Å². The van der Waals surface area contributed by atoms with Gasteiger partial charge >= 0.3 is 0 Å². The highest BCUT2D eigenvalue weighted by Crippen LogP contribution is 2.14. The van der Waals surface area contributed by atoms with Gasteiger partial charge in [-0.15, -0.1) is 5.54 Å². The van der Waals surface area contributed by atoms with Crippen molar-refractivity contribution in [3.8, 4) is 11.5 Å². The second kappa shape index (κ2) is 9.84. The van der Waals surface area contributed by atoms with Crippen molar-refractivity contribution in [3.63, 3.8) is 0 Å². The summed E-state index contributed by atoms with van der Waals surface area (Å²) in [4.78, 5) is 0. The number of ether oxygens (including phenoxy) is 2. The van der Waals surface area contributed by atoms with Gasteiger partial charge in [0.2, 0.25) is 0 Å². The molecular formula is C16H33NO3SSi. The quantitative estimate of drug-likeness (QED) is 0.417. The van der Waals surface area contributed by atoms with Gasteiger partial charge in [-0.3, -0.25) is 0 Å². The van der Waals surface area contributed by atoms with Crippen LogP contribution in [0, 0.1) is 11.5 Å². The lowest BCUT2D eigenvalue weighted by Gasteiger charge is -2.27. The van der Waals surface area contributed by atoms with Gasteiger partial charge in [0.1, 0.15) is 21.0 Å². The minimum absolute atomic E-state index is 0.0657. The molecule has 6 heteroatoms. The van der Waals surface area contributed by atoms with Gasteiger partial charge in [0.25, 0.3) is 0 Å². The predicted octanol–water partition coefficient (Wildman–Crippen LogP) is 3.08. The molecule has 0 aromatic rings. The van der Waals surface area contributed by atoms with Gasteiger partial charge in [-0.1, -0.05) is 38.9 Å². The smallest absolute Gasteiger partial charge is 0.148 e. The van der Waals surface area contributed by atoms with Gasteiger partial charge in [0, 0.05) is 7.11 Å². The summed E-state index contributed by atoms with van der Waals surface area (Å²) in [7, 11) is -1.04. The van der Waals surface area contributed by atoms with E-state index in [0.29, 0.717) is 0 Å². The molecule has 4 nitrogen and oxygen atoms in total. The van der Waals surface area contributed by atoms with Crippen molar-refractivity contribution < 1.29 is 13.7 Å². The Kier molecular flexibility index (Phi) is 9.75. The van der Waals surface area contributed by atoms with Gasteiger partial charge in [0.05, 0.1) is 21.8 Å². The molecule has 1 N–H and O–H groups in total. The van der Waals surface area contributed by atoms with Crippen LogP contribution >= 0.6 is 0 Å². The predicted molar refractivity (Wildman–Crippen MR) is 97.6 cm³/mol. The summed E-state index contributed by atoms with van der Waals surface area (Å²) in [6.07, 6.45) is 1.52. The Morgan fingerprint density at radius 2 is 1.86 bits per heavy atom. The second-order valence-corrected chi connectivity index (χ2v) is 14.2. The SMILES string of the molecule is CCC[C@@H](N[S@@](=O)C(C)(C)C)[C@H](C#C[Si](C)(C)C)OCOC. The lowest BCUT2D eigenvalue weighted by atomic mass is 10.1. The molecule has 0 aliphatic carbocycles. The maximum atomic E-state index is 12.4. The molecule has 0 saturated heterocycles. The standard InChI is InChI=1S/C16H33NO3SSi/c1-9-10-14(17-21(18)16(2,3)4)15(20-13-19-5)11-12-22(6,7)8/h14-15,17H,9-10,13H2,1-8H3/t14-,15+,21+/m1/s1. The number of hydrogen-bond acceptors (Lipinski definition) is 3. The molecular weight excluding hydrogens is 314 g/mol. The highest BCUT2D eigenvalue weighted by molar-refractivity contribution is 7.84. The van der Waals surface area contributed by atoms with E-state index in [4.69, 9.17) is 9.47 Å². The Morgan fingerprint density at radius 1 is 1.27 bits per heavy atom. The van der Waals surface area contributed by atoms with Crippen LogP contribution in [-0.2, 0) is 20.5 Å². The molecule has 0 rings (SSSR count). The van der Waals surface area contributed by atoms with Crippen LogP contribution in [0.2, 0.25) is 19.6 Å². The minimum Gasteiger partial charge on any atom is -0.359 e. The molecule has 0 aliphatic rings. The van der Waals surface area contributed by atoms with E-state index in [0.717, 1.165) is 12.8 Å². The zero-order chi connectivity index (χ0) is 17.4. The minimum atomic E-state index is -1.49. The van der Waals surface area contributed by atoms with Crippen molar-refractivity contribution in [2.45, 2.75) is 77.1 Å². The molecule has 22 heavy (non-hydrogen) atoms. The first-order valence-electron chi connectivity index (χ1n) is 7.82. The van der Waals surface area contributed by atoms with Crippen molar-refractivity contribution in [1.82, 2.24) is 4.72 Å². The van der Waals surface area contributed by atoms with Crippen molar-refractivity contribution in [3.05, 3.63) is 0 Å². The van der Waals surface area contributed by atoms with E-state index in [9.17, 15) is 4.21 Å². The highest BCUT2D eigenvalue weighted by atomic mass is 32.2. The fraction of sp³-hybridized carbons (Fsp3) is 0.875. The molecule has 0 aromatic heterocycles. The maximum Gasteiger partial charge on any atom is 0.148 e. The van der Waals surface area contributed by atoms with Gasteiger partial charge in [-0.05, 0) is 27.2 Å². The number of hydrogen-bond donors (Lipinski definition) is 1. The number of rotatable bonds is 8. The summed E-state index contributed by atoms with van der Waals surface area (Å²) in [6, 6.07) is -0.0657. The maximum absolute atomic E-state index is 12.4. The fourth-order valence-corrected chi connectivity index (χ4v) is 3.03. The molecule has 0 radical (unpaired) electrons. The van der Waals surface area contributed by atoms with E-state index < -0.39 is 19.1 Å². The Morgan fingerprint density at radius 3 is 2.27 bits per heavy atom. The first kappa shape index (κ1) is 21.8. The molecule has 0 unspecified atom stereocenters. The molecule has 0 saturated carbocycles. The van der Waals surface area contributed by atoms with Gasteiger partial charge in [0.15, 0.2) is 0 Å². The fourth-order valence-electron chi connectivity index (χ4n) is 1.58. The van der Waals surface area contributed by atoms with Crippen LogP contribution in [0.1, 0.15) is 40.5 Å². The average molecular weight is 348 g/mol. The van der Waals surface area contributed by atoms with Crippen LogP contribution in [0.4, 0.5) is 0 Å². The summed E-state index contributed by atoms with van der Waals surface area (Å²) in [5.41, 5.74) is 3.35. The van der Waals surface area contributed by atoms with E-state index in [2.05, 4.69) is 42.8 Å². The molecule has 130 valence electrons. The summed E-state index contributed by atoms with van der Waals surface area (Å²) in [6.45, 7) is 14.8. The van der Waals surface area contributed by atoms with Crippen LogP contribution in [0.3, 0.4) is 0 Å². The molecule has 0 aliphatic heterocycles. The third kappa shape index (κ3) is 9.75. The van der Waals surface area contributed by atoms with E-state index in [1.54, 1.807) is 7.11 Å². The summed E-state index contributed by atoms with van der Waals surface area (Å²) in [5, 5.41) is 0. The molecule has 0 heterocycles. The monoisotopic (exact) mass is 347 g/mol. The highest BCUT2D eigenvalue weighted by Gasteiger charge is 2.27. The summed E-state index contributed by atoms with van der Waals surface area (Å²) < 4.78 is 26.1. The van der Waals surface area contributed by atoms with Gasteiger partial charge in [-0.25, -0.2) is 8.93 Å². The Balaban J connectivity index is 5.20. The molecule has 0 bridgehead atoms. The van der Waals surface area contributed by atoms with Crippen molar-refractivity contribution in [2.75, 3.05) is 13.9 Å².